The number of aryl methyl sites for hydroxylation is 2. The van der Waals surface area contributed by atoms with Gasteiger partial charge >= 0.3 is 0 Å². The number of furan rings is 1. The van der Waals surface area contributed by atoms with Crippen LogP contribution in [-0.4, -0.2) is 0 Å². The van der Waals surface area contributed by atoms with E-state index in [9.17, 15) is 0 Å². The van der Waals surface area contributed by atoms with Crippen LogP contribution in [0.25, 0.3) is 0 Å². The summed E-state index contributed by atoms with van der Waals surface area (Å²) in [5, 5.41) is 0.755. The molecule has 1 nitrogen and oxygen atoms in total. The van der Waals surface area contributed by atoms with E-state index in [0.29, 0.717) is 0 Å². The monoisotopic (exact) mass is 396 g/mol. The summed E-state index contributed by atoms with van der Waals surface area (Å²) < 4.78 is 6.62. The first kappa shape index (κ1) is 13.7. The second-order valence-corrected chi connectivity index (χ2v) is 7.61. The molecule has 2 heterocycles. The molecule has 0 aliphatic carbocycles. The van der Waals surface area contributed by atoms with Crippen molar-refractivity contribution in [2.24, 2.45) is 0 Å². The third kappa shape index (κ3) is 2.50. The van der Waals surface area contributed by atoms with Crippen LogP contribution in [0.4, 0.5) is 0 Å². The van der Waals surface area contributed by atoms with Crippen LogP contribution in [0.2, 0.25) is 5.02 Å². The summed E-state index contributed by atoms with van der Waals surface area (Å²) in [6.07, 6.45) is 0. The molecule has 2 aromatic rings. The molecule has 0 fully saturated rings. The van der Waals surface area contributed by atoms with Gasteiger partial charge in [-0.3, -0.25) is 0 Å². The Morgan fingerprint density at radius 2 is 1.94 bits per heavy atom. The predicted octanol–water partition coefficient (Wildman–Crippen LogP) is 6.17. The molecule has 0 N–H and O–H groups in total. The van der Waals surface area contributed by atoms with Crippen molar-refractivity contribution >= 4 is 54.8 Å². The summed E-state index contributed by atoms with van der Waals surface area (Å²) in [6.45, 7) is 6.07. The molecule has 0 saturated heterocycles. The van der Waals surface area contributed by atoms with E-state index in [4.69, 9.17) is 16.0 Å². The van der Waals surface area contributed by atoms with Gasteiger partial charge in [-0.1, -0.05) is 27.5 Å². The van der Waals surface area contributed by atoms with Gasteiger partial charge in [-0.25, -0.2) is 0 Å². The smallest absolute Gasteiger partial charge is 0.106 e. The molecule has 0 aliphatic rings. The van der Waals surface area contributed by atoms with Gasteiger partial charge in [0.15, 0.2) is 0 Å². The Labute approximate surface area is 126 Å². The predicted molar refractivity (Wildman–Crippen MR) is 80.7 cm³/mol. The fraction of sp³-hybridized carbons (Fsp3) is 0.333. The first-order valence-corrected chi connectivity index (χ1v) is 7.97. The van der Waals surface area contributed by atoms with Crippen molar-refractivity contribution in [1.82, 2.24) is 0 Å². The molecule has 2 rings (SSSR count). The van der Waals surface area contributed by atoms with Crippen LogP contribution >= 0.6 is 54.8 Å². The zero-order chi connectivity index (χ0) is 12.7. The van der Waals surface area contributed by atoms with Crippen molar-refractivity contribution in [2.75, 3.05) is 0 Å². The van der Waals surface area contributed by atoms with E-state index in [1.54, 1.807) is 11.3 Å². The highest BCUT2D eigenvalue weighted by Crippen LogP contribution is 2.43. The Bertz CT molecular complexity index is 540. The fourth-order valence-electron chi connectivity index (χ4n) is 1.81. The third-order valence-electron chi connectivity index (χ3n) is 2.79. The molecule has 5 heteroatoms. The zero-order valence-electron chi connectivity index (χ0n) is 9.61. The minimum atomic E-state index is 0.133. The number of alkyl halides is 1. The molecule has 1 atom stereocenters. The highest BCUT2D eigenvalue weighted by atomic mass is 79.9. The van der Waals surface area contributed by atoms with E-state index in [2.05, 4.69) is 38.8 Å². The lowest BCUT2D eigenvalue weighted by Gasteiger charge is -2.07. The van der Waals surface area contributed by atoms with Crippen LogP contribution in [-0.2, 0) is 0 Å². The topological polar surface area (TPSA) is 13.1 Å². The lowest BCUT2D eigenvalue weighted by atomic mass is 10.1. The van der Waals surface area contributed by atoms with Crippen molar-refractivity contribution in [2.45, 2.75) is 25.6 Å². The highest BCUT2D eigenvalue weighted by Gasteiger charge is 2.22. The Balaban J connectivity index is 2.46. The molecule has 0 saturated carbocycles. The fourth-order valence-corrected chi connectivity index (χ4v) is 4.63. The Hall–Kier alpha value is 0.230. The normalized spacial score (nSPS) is 13.1. The Kier molecular flexibility index (Phi) is 4.08. The lowest BCUT2D eigenvalue weighted by Crippen LogP contribution is -1.92. The molecular formula is C12H11Br2ClOS. The van der Waals surface area contributed by atoms with E-state index in [1.807, 2.05) is 19.9 Å². The molecule has 17 heavy (non-hydrogen) atoms. The SMILES string of the molecule is Cc1oc(C)c(C(Br)c2cc(Cl)c(Br)s2)c1C. The van der Waals surface area contributed by atoms with Gasteiger partial charge in [0.1, 0.15) is 11.5 Å². The molecule has 0 aromatic carbocycles. The first-order valence-electron chi connectivity index (χ1n) is 5.07. The molecule has 0 spiro atoms. The average Bonchev–Trinajstić information content (AvgIpc) is 2.70. The van der Waals surface area contributed by atoms with Gasteiger partial charge in [-0.15, -0.1) is 11.3 Å². The van der Waals surface area contributed by atoms with Gasteiger partial charge in [0.05, 0.1) is 13.6 Å². The second-order valence-electron chi connectivity index (χ2n) is 3.89. The van der Waals surface area contributed by atoms with Crippen molar-refractivity contribution in [1.29, 1.82) is 0 Å². The summed E-state index contributed by atoms with van der Waals surface area (Å²) in [6, 6.07) is 1.98. The Morgan fingerprint density at radius 3 is 2.35 bits per heavy atom. The number of hydrogen-bond acceptors (Lipinski definition) is 2. The lowest BCUT2D eigenvalue weighted by molar-refractivity contribution is 0.500. The zero-order valence-corrected chi connectivity index (χ0v) is 14.3. The van der Waals surface area contributed by atoms with E-state index in [0.717, 1.165) is 20.3 Å². The molecule has 2 aromatic heterocycles. The summed E-state index contributed by atoms with van der Waals surface area (Å²) in [5.41, 5.74) is 2.40. The summed E-state index contributed by atoms with van der Waals surface area (Å²) in [4.78, 5) is 1.31. The van der Waals surface area contributed by atoms with Gasteiger partial charge in [0, 0.05) is 10.4 Å². The van der Waals surface area contributed by atoms with Crippen LogP contribution in [0.5, 0.6) is 0 Å². The van der Waals surface area contributed by atoms with E-state index < -0.39 is 0 Å². The van der Waals surface area contributed by atoms with Gasteiger partial charge in [-0.2, -0.15) is 0 Å². The van der Waals surface area contributed by atoms with Gasteiger partial charge in [0.25, 0.3) is 0 Å². The minimum absolute atomic E-state index is 0.133. The molecule has 1 unspecified atom stereocenters. The first-order chi connectivity index (χ1) is 7.91. The summed E-state index contributed by atoms with van der Waals surface area (Å²) in [5.74, 6) is 1.94. The van der Waals surface area contributed by atoms with Crippen LogP contribution in [0.3, 0.4) is 0 Å². The molecule has 0 radical (unpaired) electrons. The maximum absolute atomic E-state index is 6.06. The molecular weight excluding hydrogens is 387 g/mol. The summed E-state index contributed by atoms with van der Waals surface area (Å²) >= 11 is 14.9. The molecule has 92 valence electrons. The van der Waals surface area contributed by atoms with Crippen molar-refractivity contribution in [3.05, 3.63) is 42.4 Å². The third-order valence-corrected chi connectivity index (χ3v) is 6.58. The van der Waals surface area contributed by atoms with Crippen molar-refractivity contribution in [3.8, 4) is 0 Å². The highest BCUT2D eigenvalue weighted by molar-refractivity contribution is 9.11. The molecule has 0 bridgehead atoms. The van der Waals surface area contributed by atoms with Gasteiger partial charge < -0.3 is 4.42 Å². The summed E-state index contributed by atoms with van der Waals surface area (Å²) in [7, 11) is 0. The van der Waals surface area contributed by atoms with E-state index in [1.165, 1.54) is 16.0 Å². The average molecular weight is 399 g/mol. The van der Waals surface area contributed by atoms with Crippen LogP contribution < -0.4 is 0 Å². The van der Waals surface area contributed by atoms with E-state index >= 15 is 0 Å². The molecule has 0 aliphatic heterocycles. The van der Waals surface area contributed by atoms with Crippen LogP contribution in [0.15, 0.2) is 14.3 Å². The van der Waals surface area contributed by atoms with Crippen LogP contribution in [0, 0.1) is 20.8 Å². The van der Waals surface area contributed by atoms with Gasteiger partial charge in [0.2, 0.25) is 0 Å². The maximum Gasteiger partial charge on any atom is 0.106 e. The number of hydrogen-bond donors (Lipinski definition) is 0. The Morgan fingerprint density at radius 1 is 1.29 bits per heavy atom. The van der Waals surface area contributed by atoms with Crippen molar-refractivity contribution < 1.29 is 4.42 Å². The van der Waals surface area contributed by atoms with Crippen LogP contribution in [0.1, 0.15) is 32.4 Å². The number of halogens is 3. The number of rotatable bonds is 2. The standard InChI is InChI=1S/C12H11Br2ClOS/c1-5-6(2)16-7(3)10(5)11(13)9-4-8(15)12(14)17-9/h4,11H,1-3H3. The maximum atomic E-state index is 6.06. The second kappa shape index (κ2) is 5.08. The minimum Gasteiger partial charge on any atom is -0.466 e. The largest absolute Gasteiger partial charge is 0.466 e. The van der Waals surface area contributed by atoms with E-state index in [-0.39, 0.29) is 4.83 Å². The quantitative estimate of drug-likeness (QED) is 0.552. The van der Waals surface area contributed by atoms with Gasteiger partial charge in [-0.05, 0) is 48.3 Å². The number of thiophene rings is 1. The molecule has 0 amide bonds. The van der Waals surface area contributed by atoms with Crippen molar-refractivity contribution in [3.63, 3.8) is 0 Å².